The SMILES string of the molecule is COc1cccc2[nH]cc(CCNc3ncc(C#N)c(N[C@@H]4CC[C@H](O)C(C)(C)C4)n3)c12. The molecular formula is C24H30N6O2. The van der Waals surface area contributed by atoms with Gasteiger partial charge < -0.3 is 25.5 Å². The number of ether oxygens (including phenoxy) is 1. The minimum atomic E-state index is -0.304. The molecule has 32 heavy (non-hydrogen) atoms. The lowest BCUT2D eigenvalue weighted by atomic mass is 9.73. The highest BCUT2D eigenvalue weighted by Crippen LogP contribution is 2.37. The highest BCUT2D eigenvalue weighted by atomic mass is 16.5. The molecule has 4 N–H and O–H groups in total. The maximum atomic E-state index is 10.2. The van der Waals surface area contributed by atoms with E-state index in [2.05, 4.69) is 45.5 Å². The predicted molar refractivity (Wildman–Crippen MR) is 125 cm³/mol. The number of hydrogen-bond donors (Lipinski definition) is 4. The van der Waals surface area contributed by atoms with Gasteiger partial charge in [-0.05, 0) is 48.8 Å². The van der Waals surface area contributed by atoms with Crippen LogP contribution >= 0.6 is 0 Å². The van der Waals surface area contributed by atoms with E-state index in [-0.39, 0.29) is 17.6 Å². The first kappa shape index (κ1) is 21.9. The molecule has 2 atom stereocenters. The van der Waals surface area contributed by atoms with Gasteiger partial charge in [0.05, 0.1) is 19.4 Å². The van der Waals surface area contributed by atoms with Crippen molar-refractivity contribution in [1.82, 2.24) is 15.0 Å². The van der Waals surface area contributed by atoms with Crippen LogP contribution in [0.5, 0.6) is 5.75 Å². The van der Waals surface area contributed by atoms with Crippen LogP contribution in [0.25, 0.3) is 10.9 Å². The number of fused-ring (bicyclic) bond motifs is 1. The Bertz CT molecular complexity index is 1130. The lowest BCUT2D eigenvalue weighted by molar-refractivity contribution is 0.00926. The van der Waals surface area contributed by atoms with Crippen LogP contribution in [-0.2, 0) is 6.42 Å². The third kappa shape index (κ3) is 4.48. The molecule has 0 bridgehead atoms. The molecule has 0 aliphatic heterocycles. The molecule has 168 valence electrons. The quantitative estimate of drug-likeness (QED) is 0.446. The Morgan fingerprint density at radius 2 is 2.19 bits per heavy atom. The summed E-state index contributed by atoms with van der Waals surface area (Å²) in [6.45, 7) is 4.78. The first-order valence-electron chi connectivity index (χ1n) is 11.0. The summed E-state index contributed by atoms with van der Waals surface area (Å²) in [4.78, 5) is 12.2. The van der Waals surface area contributed by atoms with Crippen molar-refractivity contribution in [1.29, 1.82) is 5.26 Å². The molecule has 3 aromatic rings. The van der Waals surface area contributed by atoms with Crippen LogP contribution in [0.1, 0.15) is 44.2 Å². The van der Waals surface area contributed by atoms with Crippen molar-refractivity contribution in [3.63, 3.8) is 0 Å². The highest BCUT2D eigenvalue weighted by molar-refractivity contribution is 5.89. The maximum Gasteiger partial charge on any atom is 0.224 e. The number of aromatic amines is 1. The Morgan fingerprint density at radius 1 is 1.34 bits per heavy atom. The zero-order chi connectivity index (χ0) is 22.7. The molecule has 1 aromatic carbocycles. The molecule has 0 saturated heterocycles. The van der Waals surface area contributed by atoms with Gasteiger partial charge in [0.2, 0.25) is 5.95 Å². The molecule has 1 saturated carbocycles. The number of rotatable bonds is 7. The van der Waals surface area contributed by atoms with E-state index in [1.807, 2.05) is 24.4 Å². The third-order valence-corrected chi connectivity index (χ3v) is 6.36. The van der Waals surface area contributed by atoms with Crippen molar-refractivity contribution >= 4 is 22.7 Å². The van der Waals surface area contributed by atoms with Crippen molar-refractivity contribution in [3.05, 3.63) is 41.7 Å². The summed E-state index contributed by atoms with van der Waals surface area (Å²) in [5.41, 5.74) is 2.44. The summed E-state index contributed by atoms with van der Waals surface area (Å²) < 4.78 is 5.51. The summed E-state index contributed by atoms with van der Waals surface area (Å²) in [7, 11) is 1.68. The number of nitriles is 1. The number of aliphatic hydroxyl groups is 1. The van der Waals surface area contributed by atoms with Gasteiger partial charge in [0.1, 0.15) is 23.2 Å². The molecule has 8 nitrogen and oxygen atoms in total. The normalized spacial score (nSPS) is 20.0. The maximum absolute atomic E-state index is 10.2. The molecule has 0 unspecified atom stereocenters. The molecule has 0 radical (unpaired) electrons. The first-order valence-corrected chi connectivity index (χ1v) is 11.0. The molecule has 4 rings (SSSR count). The van der Waals surface area contributed by atoms with Crippen LogP contribution < -0.4 is 15.4 Å². The van der Waals surface area contributed by atoms with Gasteiger partial charge in [0.15, 0.2) is 0 Å². The number of aromatic nitrogens is 3. The number of benzene rings is 1. The molecule has 2 heterocycles. The number of aliphatic hydroxyl groups excluding tert-OH is 1. The highest BCUT2D eigenvalue weighted by Gasteiger charge is 2.35. The number of hydrogen-bond acceptors (Lipinski definition) is 7. The van der Waals surface area contributed by atoms with Crippen molar-refractivity contribution in [3.8, 4) is 11.8 Å². The van der Waals surface area contributed by atoms with E-state index in [0.717, 1.165) is 47.9 Å². The second kappa shape index (κ2) is 9.05. The third-order valence-electron chi connectivity index (χ3n) is 6.36. The monoisotopic (exact) mass is 434 g/mol. The number of nitrogens with one attached hydrogen (secondary N) is 3. The smallest absolute Gasteiger partial charge is 0.224 e. The second-order valence-electron chi connectivity index (χ2n) is 9.07. The zero-order valence-electron chi connectivity index (χ0n) is 18.8. The summed E-state index contributed by atoms with van der Waals surface area (Å²) in [6, 6.07) is 8.28. The Kier molecular flexibility index (Phi) is 6.19. The van der Waals surface area contributed by atoms with Gasteiger partial charge in [-0.25, -0.2) is 4.98 Å². The zero-order valence-corrected chi connectivity index (χ0v) is 18.8. The topological polar surface area (TPSA) is 119 Å². The Labute approximate surface area is 188 Å². The summed E-state index contributed by atoms with van der Waals surface area (Å²) in [6.07, 6.45) is 6.40. The van der Waals surface area contributed by atoms with E-state index in [9.17, 15) is 10.4 Å². The first-order chi connectivity index (χ1) is 15.4. The van der Waals surface area contributed by atoms with Crippen LogP contribution in [0, 0.1) is 16.7 Å². The lowest BCUT2D eigenvalue weighted by Gasteiger charge is -2.40. The van der Waals surface area contributed by atoms with Gasteiger partial charge in [-0.3, -0.25) is 0 Å². The molecule has 0 amide bonds. The molecule has 2 aromatic heterocycles. The molecule has 0 spiro atoms. The minimum absolute atomic E-state index is 0.155. The number of nitrogens with zero attached hydrogens (tertiary/aromatic N) is 3. The number of anilines is 2. The van der Waals surface area contributed by atoms with E-state index in [4.69, 9.17) is 4.74 Å². The Hall–Kier alpha value is -3.31. The van der Waals surface area contributed by atoms with Gasteiger partial charge in [-0.1, -0.05) is 19.9 Å². The average molecular weight is 435 g/mol. The van der Waals surface area contributed by atoms with Gasteiger partial charge in [0.25, 0.3) is 0 Å². The number of methoxy groups -OCH3 is 1. The van der Waals surface area contributed by atoms with E-state index in [1.165, 1.54) is 0 Å². The van der Waals surface area contributed by atoms with Crippen molar-refractivity contribution in [2.24, 2.45) is 5.41 Å². The van der Waals surface area contributed by atoms with Crippen LogP contribution in [-0.4, -0.2) is 45.9 Å². The molecule has 1 fully saturated rings. The Morgan fingerprint density at radius 3 is 2.94 bits per heavy atom. The average Bonchev–Trinajstić information content (AvgIpc) is 3.20. The van der Waals surface area contributed by atoms with Gasteiger partial charge in [-0.2, -0.15) is 10.2 Å². The van der Waals surface area contributed by atoms with Crippen molar-refractivity contribution in [2.75, 3.05) is 24.3 Å². The summed E-state index contributed by atoms with van der Waals surface area (Å²) in [5, 5.41) is 27.5. The molecule has 1 aliphatic rings. The molecular weight excluding hydrogens is 404 g/mol. The Balaban J connectivity index is 1.44. The molecule has 1 aliphatic carbocycles. The van der Waals surface area contributed by atoms with E-state index >= 15 is 0 Å². The fraction of sp³-hybridized carbons (Fsp3) is 0.458. The van der Waals surface area contributed by atoms with E-state index < -0.39 is 0 Å². The summed E-state index contributed by atoms with van der Waals surface area (Å²) >= 11 is 0. The standard InChI is InChI=1S/C24H30N6O2/c1-24(2)11-17(7-8-20(24)31)29-22-16(12-25)14-28-23(30-22)26-10-9-15-13-27-18-5-4-6-19(32-3)21(15)18/h4-6,13-14,17,20,27,31H,7-11H2,1-3H3,(H2,26,28,29,30)/t17-,20+/m1/s1. The van der Waals surface area contributed by atoms with Crippen LogP contribution in [0.4, 0.5) is 11.8 Å². The van der Waals surface area contributed by atoms with E-state index in [0.29, 0.717) is 23.9 Å². The molecule has 8 heteroatoms. The van der Waals surface area contributed by atoms with E-state index in [1.54, 1.807) is 13.3 Å². The fourth-order valence-corrected chi connectivity index (χ4v) is 4.49. The predicted octanol–water partition coefficient (Wildman–Crippen LogP) is 3.84. The number of H-pyrrole nitrogens is 1. The summed E-state index contributed by atoms with van der Waals surface area (Å²) in [5.74, 6) is 1.87. The van der Waals surface area contributed by atoms with Crippen molar-refractivity contribution < 1.29 is 9.84 Å². The van der Waals surface area contributed by atoms with Crippen molar-refractivity contribution in [2.45, 2.75) is 51.7 Å². The van der Waals surface area contributed by atoms with Gasteiger partial charge in [-0.15, -0.1) is 0 Å². The van der Waals surface area contributed by atoms with Gasteiger partial charge >= 0.3 is 0 Å². The second-order valence-corrected chi connectivity index (χ2v) is 9.07. The van der Waals surface area contributed by atoms with Crippen LogP contribution in [0.15, 0.2) is 30.6 Å². The lowest BCUT2D eigenvalue weighted by Crippen LogP contribution is -2.41. The van der Waals surface area contributed by atoms with Crippen LogP contribution in [0.2, 0.25) is 0 Å². The minimum Gasteiger partial charge on any atom is -0.496 e. The van der Waals surface area contributed by atoms with Crippen LogP contribution in [0.3, 0.4) is 0 Å². The largest absolute Gasteiger partial charge is 0.496 e. The fourth-order valence-electron chi connectivity index (χ4n) is 4.49. The van der Waals surface area contributed by atoms with Gasteiger partial charge in [0, 0.05) is 29.7 Å².